The molecule has 0 atom stereocenters. The second-order valence-corrected chi connectivity index (χ2v) is 6.06. The highest BCUT2D eigenvalue weighted by Gasteiger charge is 2.17. The summed E-state index contributed by atoms with van der Waals surface area (Å²) in [5, 5.41) is 3.88. The van der Waals surface area contributed by atoms with Crippen LogP contribution in [-0.2, 0) is 12.2 Å². The average Bonchev–Trinajstić information content (AvgIpc) is 2.72. The molecule has 1 heterocycles. The lowest BCUT2D eigenvalue weighted by molar-refractivity contribution is 0.345. The van der Waals surface area contributed by atoms with E-state index < -0.39 is 0 Å². The van der Waals surface area contributed by atoms with E-state index in [0.717, 1.165) is 4.90 Å². The van der Waals surface area contributed by atoms with Crippen molar-refractivity contribution in [3.8, 4) is 0 Å². The van der Waals surface area contributed by atoms with Crippen molar-refractivity contribution >= 4 is 11.8 Å². The third-order valence-corrected chi connectivity index (χ3v) is 3.27. The van der Waals surface area contributed by atoms with Gasteiger partial charge in [0.25, 0.3) is 0 Å². The highest BCUT2D eigenvalue weighted by atomic mass is 32.2. The standard InChI is InChI=1S/C13H16FN3OS/c1-13(2,15)7-12-16-11(17-18-12)8-19-10-5-3-4-9(14)6-10/h3-6H,7-8,15H2,1-2H3. The van der Waals surface area contributed by atoms with Crippen LogP contribution in [0.1, 0.15) is 25.6 Å². The maximum Gasteiger partial charge on any atom is 0.228 e. The fraction of sp³-hybridized carbons (Fsp3) is 0.385. The van der Waals surface area contributed by atoms with Crippen LogP contribution in [0.3, 0.4) is 0 Å². The smallest absolute Gasteiger partial charge is 0.228 e. The first-order valence-corrected chi connectivity index (χ1v) is 6.90. The highest BCUT2D eigenvalue weighted by molar-refractivity contribution is 7.98. The quantitative estimate of drug-likeness (QED) is 0.854. The fourth-order valence-corrected chi connectivity index (χ4v) is 2.30. The predicted molar refractivity (Wildman–Crippen MR) is 72.2 cm³/mol. The third kappa shape index (κ3) is 4.65. The molecule has 0 aliphatic carbocycles. The van der Waals surface area contributed by atoms with Crippen LogP contribution in [0.25, 0.3) is 0 Å². The van der Waals surface area contributed by atoms with E-state index in [1.807, 2.05) is 19.9 Å². The van der Waals surface area contributed by atoms with Gasteiger partial charge in [-0.2, -0.15) is 4.98 Å². The molecule has 0 radical (unpaired) electrons. The molecule has 0 bridgehead atoms. The monoisotopic (exact) mass is 281 g/mol. The van der Waals surface area contributed by atoms with E-state index in [-0.39, 0.29) is 11.4 Å². The number of benzene rings is 1. The topological polar surface area (TPSA) is 64.9 Å². The summed E-state index contributed by atoms with van der Waals surface area (Å²) < 4.78 is 18.1. The van der Waals surface area contributed by atoms with Crippen molar-refractivity contribution in [2.24, 2.45) is 5.73 Å². The molecule has 102 valence electrons. The largest absolute Gasteiger partial charge is 0.339 e. The van der Waals surface area contributed by atoms with Gasteiger partial charge in [-0.15, -0.1) is 11.8 Å². The van der Waals surface area contributed by atoms with Crippen LogP contribution in [0.2, 0.25) is 0 Å². The van der Waals surface area contributed by atoms with E-state index in [9.17, 15) is 4.39 Å². The number of nitrogens with zero attached hydrogens (tertiary/aromatic N) is 2. The van der Waals surface area contributed by atoms with Gasteiger partial charge in [-0.25, -0.2) is 4.39 Å². The fourth-order valence-electron chi connectivity index (χ4n) is 1.52. The molecule has 1 aromatic heterocycles. The predicted octanol–water partition coefficient (Wildman–Crippen LogP) is 2.78. The summed E-state index contributed by atoms with van der Waals surface area (Å²) in [5.74, 6) is 1.41. The van der Waals surface area contributed by atoms with E-state index in [4.69, 9.17) is 10.3 Å². The van der Waals surface area contributed by atoms with Crippen molar-refractivity contribution in [1.29, 1.82) is 0 Å². The Morgan fingerprint density at radius 2 is 2.21 bits per heavy atom. The van der Waals surface area contributed by atoms with Gasteiger partial charge in [0.15, 0.2) is 5.82 Å². The van der Waals surface area contributed by atoms with E-state index in [0.29, 0.717) is 23.9 Å². The molecule has 1 aromatic carbocycles. The Labute approximate surface area is 115 Å². The van der Waals surface area contributed by atoms with E-state index in [1.165, 1.54) is 23.9 Å². The molecule has 2 rings (SSSR count). The SMILES string of the molecule is CC(C)(N)Cc1nc(CSc2cccc(F)c2)no1. The van der Waals surface area contributed by atoms with Crippen LogP contribution in [-0.4, -0.2) is 15.7 Å². The number of aromatic nitrogens is 2. The van der Waals surface area contributed by atoms with Crippen molar-refractivity contribution in [3.05, 3.63) is 41.8 Å². The summed E-state index contributed by atoms with van der Waals surface area (Å²) >= 11 is 1.46. The molecule has 0 spiro atoms. The van der Waals surface area contributed by atoms with Gasteiger partial charge in [0.05, 0.1) is 5.75 Å². The number of hydrogen-bond acceptors (Lipinski definition) is 5. The summed E-state index contributed by atoms with van der Waals surface area (Å²) in [6, 6.07) is 6.42. The van der Waals surface area contributed by atoms with Gasteiger partial charge in [-0.05, 0) is 32.0 Å². The summed E-state index contributed by atoms with van der Waals surface area (Å²) in [7, 11) is 0. The Hall–Kier alpha value is -1.40. The Morgan fingerprint density at radius 1 is 1.42 bits per heavy atom. The molecule has 19 heavy (non-hydrogen) atoms. The minimum atomic E-state index is -0.375. The van der Waals surface area contributed by atoms with Crippen LogP contribution in [0.5, 0.6) is 0 Å². The van der Waals surface area contributed by atoms with Crippen molar-refractivity contribution in [3.63, 3.8) is 0 Å². The molecule has 0 amide bonds. The number of thioether (sulfide) groups is 1. The van der Waals surface area contributed by atoms with Crippen molar-refractivity contribution in [2.75, 3.05) is 0 Å². The normalized spacial score (nSPS) is 11.8. The van der Waals surface area contributed by atoms with Crippen LogP contribution >= 0.6 is 11.8 Å². The molecule has 0 aliphatic rings. The van der Waals surface area contributed by atoms with Gasteiger partial charge in [-0.3, -0.25) is 0 Å². The van der Waals surface area contributed by atoms with Crippen LogP contribution in [0.15, 0.2) is 33.7 Å². The van der Waals surface area contributed by atoms with Gasteiger partial charge in [-0.1, -0.05) is 11.2 Å². The Kier molecular flexibility index (Phi) is 4.21. The molecule has 0 saturated carbocycles. The molecular formula is C13H16FN3OS. The van der Waals surface area contributed by atoms with E-state index in [1.54, 1.807) is 6.07 Å². The maximum atomic E-state index is 13.0. The zero-order valence-electron chi connectivity index (χ0n) is 10.9. The minimum absolute atomic E-state index is 0.247. The van der Waals surface area contributed by atoms with Gasteiger partial charge in [0.1, 0.15) is 5.82 Å². The molecule has 0 aliphatic heterocycles. The van der Waals surface area contributed by atoms with Crippen molar-refractivity contribution in [2.45, 2.75) is 36.5 Å². The Balaban J connectivity index is 1.93. The first kappa shape index (κ1) is 14.0. The first-order chi connectivity index (χ1) is 8.92. The Bertz CT molecular complexity index is 551. The van der Waals surface area contributed by atoms with Gasteiger partial charge < -0.3 is 10.3 Å². The van der Waals surface area contributed by atoms with Crippen molar-refractivity contribution < 1.29 is 8.91 Å². The molecule has 2 N–H and O–H groups in total. The van der Waals surface area contributed by atoms with Gasteiger partial charge in [0.2, 0.25) is 5.89 Å². The third-order valence-electron chi connectivity index (χ3n) is 2.28. The summed E-state index contributed by atoms with van der Waals surface area (Å²) in [6.45, 7) is 3.80. The molecule has 4 nitrogen and oxygen atoms in total. The van der Waals surface area contributed by atoms with E-state index >= 15 is 0 Å². The molecule has 2 aromatic rings. The number of halogens is 1. The van der Waals surface area contributed by atoms with Crippen LogP contribution in [0.4, 0.5) is 4.39 Å². The maximum absolute atomic E-state index is 13.0. The lowest BCUT2D eigenvalue weighted by atomic mass is 10.0. The second kappa shape index (κ2) is 5.71. The van der Waals surface area contributed by atoms with Gasteiger partial charge in [0, 0.05) is 16.9 Å². The zero-order valence-corrected chi connectivity index (χ0v) is 11.7. The summed E-state index contributed by atoms with van der Waals surface area (Å²) in [4.78, 5) is 5.10. The van der Waals surface area contributed by atoms with E-state index in [2.05, 4.69) is 10.1 Å². The highest BCUT2D eigenvalue weighted by Crippen LogP contribution is 2.22. The molecule has 0 fully saturated rings. The summed E-state index contributed by atoms with van der Waals surface area (Å²) in [6.07, 6.45) is 0.532. The minimum Gasteiger partial charge on any atom is -0.339 e. The zero-order chi connectivity index (χ0) is 13.9. The first-order valence-electron chi connectivity index (χ1n) is 5.91. The number of nitrogens with two attached hydrogens (primary N) is 1. The Morgan fingerprint density at radius 3 is 2.89 bits per heavy atom. The molecule has 0 unspecified atom stereocenters. The second-order valence-electron chi connectivity index (χ2n) is 5.02. The lowest BCUT2D eigenvalue weighted by Crippen LogP contribution is -2.34. The summed E-state index contributed by atoms with van der Waals surface area (Å²) in [5.41, 5.74) is 5.51. The van der Waals surface area contributed by atoms with Crippen LogP contribution in [0, 0.1) is 5.82 Å². The van der Waals surface area contributed by atoms with Crippen molar-refractivity contribution in [1.82, 2.24) is 10.1 Å². The molecular weight excluding hydrogens is 265 g/mol. The lowest BCUT2D eigenvalue weighted by Gasteiger charge is -2.14. The number of hydrogen-bond donors (Lipinski definition) is 1. The number of rotatable bonds is 5. The molecule has 6 heteroatoms. The van der Waals surface area contributed by atoms with Crippen LogP contribution < -0.4 is 5.73 Å². The average molecular weight is 281 g/mol. The molecule has 0 saturated heterocycles. The van der Waals surface area contributed by atoms with Gasteiger partial charge >= 0.3 is 0 Å².